The second kappa shape index (κ2) is 6.00. The summed E-state index contributed by atoms with van der Waals surface area (Å²) < 4.78 is 1.69. The minimum Gasteiger partial charge on any atom is -0.356 e. The Labute approximate surface area is 105 Å². The molecule has 0 unspecified atom stereocenters. The lowest BCUT2D eigenvalue weighted by Gasteiger charge is -2.03. The number of nitrogens with zero attached hydrogens (tertiary/aromatic N) is 3. The van der Waals surface area contributed by atoms with Gasteiger partial charge in [0.1, 0.15) is 0 Å². The Hall–Kier alpha value is -2.11. The molecule has 0 saturated carbocycles. The number of carbonyl (C=O) groups excluding carboxylic acids is 1. The van der Waals surface area contributed by atoms with E-state index in [2.05, 4.69) is 20.7 Å². The SMILES string of the molecule is CCCNC(=O)CCNc1nc2ccccn2n1. The molecule has 2 aromatic rings. The lowest BCUT2D eigenvalue weighted by molar-refractivity contribution is -0.120. The second-order valence-electron chi connectivity index (χ2n) is 3.97. The van der Waals surface area contributed by atoms with Crippen molar-refractivity contribution in [2.75, 3.05) is 18.4 Å². The maximum atomic E-state index is 11.4. The van der Waals surface area contributed by atoms with Gasteiger partial charge in [-0.25, -0.2) is 4.52 Å². The van der Waals surface area contributed by atoms with Crippen molar-refractivity contribution < 1.29 is 4.79 Å². The van der Waals surface area contributed by atoms with Crippen LogP contribution < -0.4 is 10.6 Å². The number of nitrogens with one attached hydrogen (secondary N) is 2. The number of hydrogen-bond acceptors (Lipinski definition) is 4. The van der Waals surface area contributed by atoms with E-state index in [-0.39, 0.29) is 5.91 Å². The molecule has 2 aromatic heterocycles. The topological polar surface area (TPSA) is 71.3 Å². The molecule has 18 heavy (non-hydrogen) atoms. The summed E-state index contributed by atoms with van der Waals surface area (Å²) in [4.78, 5) is 15.6. The van der Waals surface area contributed by atoms with Crippen LogP contribution in [0.3, 0.4) is 0 Å². The average Bonchev–Trinajstić information content (AvgIpc) is 2.79. The van der Waals surface area contributed by atoms with Crippen molar-refractivity contribution >= 4 is 17.5 Å². The summed E-state index contributed by atoms with van der Waals surface area (Å²) >= 11 is 0. The fourth-order valence-electron chi connectivity index (χ4n) is 1.55. The molecule has 6 heteroatoms. The summed E-state index contributed by atoms with van der Waals surface area (Å²) in [7, 11) is 0. The van der Waals surface area contributed by atoms with Gasteiger partial charge in [-0.1, -0.05) is 13.0 Å². The van der Waals surface area contributed by atoms with Crippen LogP contribution in [0.25, 0.3) is 5.65 Å². The van der Waals surface area contributed by atoms with Gasteiger partial charge in [-0.05, 0) is 18.6 Å². The smallest absolute Gasteiger partial charge is 0.243 e. The molecule has 0 atom stereocenters. The Bertz CT molecular complexity index is 489. The van der Waals surface area contributed by atoms with E-state index in [4.69, 9.17) is 0 Å². The van der Waals surface area contributed by atoms with Crippen LogP contribution in [-0.2, 0) is 4.79 Å². The Morgan fingerprint density at radius 3 is 3.06 bits per heavy atom. The number of hydrogen-bond donors (Lipinski definition) is 2. The van der Waals surface area contributed by atoms with Gasteiger partial charge in [-0.3, -0.25) is 4.79 Å². The van der Waals surface area contributed by atoms with Gasteiger partial charge in [0.25, 0.3) is 0 Å². The molecule has 6 nitrogen and oxygen atoms in total. The van der Waals surface area contributed by atoms with E-state index >= 15 is 0 Å². The summed E-state index contributed by atoms with van der Waals surface area (Å²) in [5.41, 5.74) is 0.787. The van der Waals surface area contributed by atoms with Crippen LogP contribution in [0.1, 0.15) is 19.8 Å². The fourth-order valence-corrected chi connectivity index (χ4v) is 1.55. The van der Waals surface area contributed by atoms with Crippen LogP contribution in [0, 0.1) is 0 Å². The molecule has 0 aliphatic heterocycles. The van der Waals surface area contributed by atoms with Crippen LogP contribution in [0.4, 0.5) is 5.95 Å². The summed E-state index contributed by atoms with van der Waals surface area (Å²) in [6.07, 6.45) is 3.21. The molecule has 0 fully saturated rings. The quantitative estimate of drug-likeness (QED) is 0.800. The predicted octanol–water partition coefficient (Wildman–Crippen LogP) is 1.06. The Morgan fingerprint density at radius 1 is 1.39 bits per heavy atom. The van der Waals surface area contributed by atoms with Crippen molar-refractivity contribution in [3.8, 4) is 0 Å². The normalized spacial score (nSPS) is 10.5. The molecule has 96 valence electrons. The molecule has 2 heterocycles. The van der Waals surface area contributed by atoms with Crippen molar-refractivity contribution in [3.63, 3.8) is 0 Å². The third-order valence-electron chi connectivity index (χ3n) is 2.45. The summed E-state index contributed by atoms with van der Waals surface area (Å²) in [6.45, 7) is 3.29. The van der Waals surface area contributed by atoms with Crippen molar-refractivity contribution in [2.24, 2.45) is 0 Å². The number of aromatic nitrogens is 3. The van der Waals surface area contributed by atoms with E-state index in [9.17, 15) is 4.79 Å². The average molecular weight is 247 g/mol. The molecule has 0 saturated heterocycles. The number of carbonyl (C=O) groups is 1. The standard InChI is InChI=1S/C12H17N5O/c1-2-7-13-11(18)6-8-14-12-15-10-5-3-4-9-17(10)16-12/h3-5,9H,2,6-8H2,1H3,(H,13,18)(H,14,16). The molecule has 0 bridgehead atoms. The van der Waals surface area contributed by atoms with Crippen molar-refractivity contribution in [3.05, 3.63) is 24.4 Å². The van der Waals surface area contributed by atoms with Gasteiger partial charge in [0.15, 0.2) is 5.65 Å². The maximum Gasteiger partial charge on any atom is 0.243 e. The van der Waals surface area contributed by atoms with Gasteiger partial charge >= 0.3 is 0 Å². The zero-order valence-corrected chi connectivity index (χ0v) is 10.4. The van der Waals surface area contributed by atoms with E-state index < -0.39 is 0 Å². The summed E-state index contributed by atoms with van der Waals surface area (Å²) in [6, 6.07) is 5.68. The van der Waals surface area contributed by atoms with Gasteiger partial charge in [-0.15, -0.1) is 5.10 Å². The molecule has 1 amide bonds. The monoisotopic (exact) mass is 247 g/mol. The highest BCUT2D eigenvalue weighted by Gasteiger charge is 2.03. The summed E-state index contributed by atoms with van der Waals surface area (Å²) in [5.74, 6) is 0.595. The minimum absolute atomic E-state index is 0.0492. The third kappa shape index (κ3) is 3.19. The second-order valence-corrected chi connectivity index (χ2v) is 3.97. The summed E-state index contributed by atoms with van der Waals surface area (Å²) in [5, 5.41) is 10.1. The highest BCUT2D eigenvalue weighted by Crippen LogP contribution is 2.03. The van der Waals surface area contributed by atoms with E-state index in [1.807, 2.05) is 31.3 Å². The van der Waals surface area contributed by atoms with Crippen LogP contribution >= 0.6 is 0 Å². The van der Waals surface area contributed by atoms with E-state index in [0.29, 0.717) is 18.9 Å². The van der Waals surface area contributed by atoms with Crippen molar-refractivity contribution in [2.45, 2.75) is 19.8 Å². The largest absolute Gasteiger partial charge is 0.356 e. The number of anilines is 1. The lowest BCUT2D eigenvalue weighted by atomic mass is 10.4. The molecule has 2 rings (SSSR count). The molecule has 0 aromatic carbocycles. The van der Waals surface area contributed by atoms with Crippen LogP contribution in [0.5, 0.6) is 0 Å². The number of pyridine rings is 1. The van der Waals surface area contributed by atoms with E-state index in [0.717, 1.165) is 18.6 Å². The predicted molar refractivity (Wildman–Crippen MR) is 69.4 cm³/mol. The highest BCUT2D eigenvalue weighted by atomic mass is 16.1. The van der Waals surface area contributed by atoms with E-state index in [1.165, 1.54) is 0 Å². The Kier molecular flexibility index (Phi) is 4.11. The van der Waals surface area contributed by atoms with E-state index in [1.54, 1.807) is 4.52 Å². The highest BCUT2D eigenvalue weighted by molar-refractivity contribution is 5.76. The zero-order chi connectivity index (χ0) is 12.8. The number of fused-ring (bicyclic) bond motifs is 1. The van der Waals surface area contributed by atoms with Crippen LogP contribution in [0.2, 0.25) is 0 Å². The molecule has 0 aliphatic carbocycles. The first kappa shape index (κ1) is 12.3. The fraction of sp³-hybridized carbons (Fsp3) is 0.417. The van der Waals surface area contributed by atoms with Crippen molar-refractivity contribution in [1.82, 2.24) is 19.9 Å². The Morgan fingerprint density at radius 2 is 2.28 bits per heavy atom. The van der Waals surface area contributed by atoms with Crippen LogP contribution in [-0.4, -0.2) is 33.6 Å². The molecular weight excluding hydrogens is 230 g/mol. The molecule has 0 aliphatic rings. The van der Waals surface area contributed by atoms with Crippen molar-refractivity contribution in [1.29, 1.82) is 0 Å². The maximum absolute atomic E-state index is 11.4. The first-order chi connectivity index (χ1) is 8.79. The first-order valence-electron chi connectivity index (χ1n) is 6.11. The third-order valence-corrected chi connectivity index (χ3v) is 2.45. The lowest BCUT2D eigenvalue weighted by Crippen LogP contribution is -2.26. The van der Waals surface area contributed by atoms with Crippen LogP contribution in [0.15, 0.2) is 24.4 Å². The molecule has 2 N–H and O–H groups in total. The zero-order valence-electron chi connectivity index (χ0n) is 10.4. The van der Waals surface area contributed by atoms with Gasteiger partial charge in [0.05, 0.1) is 0 Å². The molecule has 0 radical (unpaired) electrons. The van der Waals surface area contributed by atoms with Gasteiger partial charge < -0.3 is 10.6 Å². The van der Waals surface area contributed by atoms with Gasteiger partial charge in [0, 0.05) is 25.7 Å². The minimum atomic E-state index is 0.0492. The molecule has 0 spiro atoms. The first-order valence-corrected chi connectivity index (χ1v) is 6.11. The molecular formula is C12H17N5O. The number of amides is 1. The van der Waals surface area contributed by atoms with Gasteiger partial charge in [0.2, 0.25) is 11.9 Å². The Balaban J connectivity index is 1.81. The van der Waals surface area contributed by atoms with Gasteiger partial charge in [-0.2, -0.15) is 4.98 Å². The number of rotatable bonds is 6.